The molecule has 48 heavy (non-hydrogen) atoms. The van der Waals surface area contributed by atoms with Gasteiger partial charge in [0.25, 0.3) is 0 Å². The van der Waals surface area contributed by atoms with Crippen molar-refractivity contribution in [3.8, 4) is 44.8 Å². The number of benzene rings is 6. The van der Waals surface area contributed by atoms with E-state index >= 15 is 0 Å². The van der Waals surface area contributed by atoms with Crippen molar-refractivity contribution in [1.29, 1.82) is 0 Å². The molecule has 0 aliphatic rings. The number of hydrogen-bond acceptors (Lipinski definition) is 2. The second-order valence-electron chi connectivity index (χ2n) is 11.9. The normalized spacial score (nSPS) is 10.6. The van der Waals surface area contributed by atoms with E-state index in [1.165, 1.54) is 54.9 Å². The molecule has 0 atom stereocenters. The Labute approximate surface area is 296 Å². The monoisotopic (exact) mass is 795 g/mol. The van der Waals surface area contributed by atoms with Crippen LogP contribution in [0.25, 0.3) is 66.3 Å². The summed E-state index contributed by atoms with van der Waals surface area (Å²) in [5.74, 6) is 0. The minimum atomic E-state index is 0. The van der Waals surface area contributed by atoms with Crippen LogP contribution in [0, 0.1) is 32.9 Å². The summed E-state index contributed by atoms with van der Waals surface area (Å²) in [4.78, 5) is 9.04. The fourth-order valence-electron chi connectivity index (χ4n) is 6.06. The van der Waals surface area contributed by atoms with Gasteiger partial charge in [0.15, 0.2) is 0 Å². The van der Waals surface area contributed by atoms with Crippen LogP contribution in [0.1, 0.15) is 16.7 Å². The molecule has 8 rings (SSSR count). The first-order valence-electron chi connectivity index (χ1n) is 15.9. The zero-order valence-corrected chi connectivity index (χ0v) is 29.6. The van der Waals surface area contributed by atoms with Crippen molar-refractivity contribution in [2.45, 2.75) is 20.8 Å². The molecule has 0 fully saturated rings. The number of pyridine rings is 2. The third-order valence-corrected chi connectivity index (χ3v) is 8.59. The van der Waals surface area contributed by atoms with Crippen molar-refractivity contribution in [1.82, 2.24) is 9.97 Å². The summed E-state index contributed by atoms with van der Waals surface area (Å²) in [5, 5.41) is 5.11. The molecule has 0 spiro atoms. The molecule has 1 radical (unpaired) electrons. The Kier molecular flexibility index (Phi) is 10.0. The number of nitrogens with zero attached hydrogens (tertiary/aromatic N) is 2. The van der Waals surface area contributed by atoms with E-state index in [0.29, 0.717) is 0 Å². The summed E-state index contributed by atoms with van der Waals surface area (Å²) in [6.07, 6.45) is 3.77. The third kappa shape index (κ3) is 6.89. The van der Waals surface area contributed by atoms with Crippen LogP contribution in [0.2, 0.25) is 0 Å². The smallest absolute Gasteiger partial charge is 0.0196 e. The Hall–Kier alpha value is -5.21. The third-order valence-electron chi connectivity index (χ3n) is 8.59. The Morgan fingerprint density at radius 1 is 0.500 bits per heavy atom. The Morgan fingerprint density at radius 3 is 1.94 bits per heavy atom. The molecule has 0 saturated heterocycles. The molecule has 0 unspecified atom stereocenters. The Balaban J connectivity index is 0.000000171. The Morgan fingerprint density at radius 2 is 1.21 bits per heavy atom. The summed E-state index contributed by atoms with van der Waals surface area (Å²) in [6.45, 7) is 6.25. The van der Waals surface area contributed by atoms with E-state index in [9.17, 15) is 0 Å². The fourth-order valence-corrected chi connectivity index (χ4v) is 6.06. The molecular formula is C45H34IrN2-2. The largest absolute Gasteiger partial charge is 0.304 e. The fraction of sp³-hybridized carbons (Fsp3) is 0.0667. The molecule has 0 bridgehead atoms. The van der Waals surface area contributed by atoms with Crippen molar-refractivity contribution in [2.24, 2.45) is 0 Å². The first-order chi connectivity index (χ1) is 23.0. The van der Waals surface area contributed by atoms with Gasteiger partial charge in [0.1, 0.15) is 0 Å². The van der Waals surface area contributed by atoms with Gasteiger partial charge >= 0.3 is 0 Å². The molecule has 235 valence electrons. The van der Waals surface area contributed by atoms with Crippen molar-refractivity contribution in [2.75, 3.05) is 0 Å². The number of fused-ring (bicyclic) bond motifs is 3. The minimum absolute atomic E-state index is 0. The molecular weight excluding hydrogens is 761 g/mol. The van der Waals surface area contributed by atoms with Gasteiger partial charge in [0.2, 0.25) is 0 Å². The van der Waals surface area contributed by atoms with Crippen LogP contribution in [-0.4, -0.2) is 9.97 Å². The van der Waals surface area contributed by atoms with Gasteiger partial charge in [0, 0.05) is 32.5 Å². The molecule has 2 aromatic heterocycles. The van der Waals surface area contributed by atoms with Crippen molar-refractivity contribution in [3.05, 3.63) is 181 Å². The zero-order chi connectivity index (χ0) is 32.2. The molecule has 6 aromatic carbocycles. The van der Waals surface area contributed by atoms with E-state index in [0.717, 1.165) is 28.1 Å². The van der Waals surface area contributed by atoms with Crippen LogP contribution in [0.15, 0.2) is 152 Å². The van der Waals surface area contributed by atoms with E-state index in [1.54, 1.807) is 0 Å². The molecule has 0 aliphatic heterocycles. The summed E-state index contributed by atoms with van der Waals surface area (Å²) in [7, 11) is 0. The summed E-state index contributed by atoms with van der Waals surface area (Å²) in [5.41, 5.74) is 12.5. The molecule has 0 N–H and O–H groups in total. The SMILES string of the molecule is Cc1c[c-]c(-c2cc(-c3ccccc3)c(C)cn2)cc1.Cc1cccnc1-c1[c-]cc(-c2cc3ccccc3c3ccccc23)cc1.[Ir]. The maximum atomic E-state index is 4.53. The van der Waals surface area contributed by atoms with Gasteiger partial charge < -0.3 is 9.97 Å². The van der Waals surface area contributed by atoms with E-state index in [2.05, 4.69) is 164 Å². The minimum Gasteiger partial charge on any atom is -0.304 e. The second-order valence-corrected chi connectivity index (χ2v) is 11.9. The average Bonchev–Trinajstić information content (AvgIpc) is 3.13. The van der Waals surface area contributed by atoms with E-state index < -0.39 is 0 Å². The van der Waals surface area contributed by atoms with E-state index in [1.807, 2.05) is 30.6 Å². The maximum absolute atomic E-state index is 4.53. The summed E-state index contributed by atoms with van der Waals surface area (Å²) in [6, 6.07) is 55.4. The van der Waals surface area contributed by atoms with Crippen molar-refractivity contribution >= 4 is 21.5 Å². The van der Waals surface area contributed by atoms with E-state index in [-0.39, 0.29) is 20.1 Å². The van der Waals surface area contributed by atoms with Gasteiger partial charge in [-0.2, -0.15) is 0 Å². The summed E-state index contributed by atoms with van der Waals surface area (Å²) >= 11 is 0. The van der Waals surface area contributed by atoms with Crippen LogP contribution >= 0.6 is 0 Å². The van der Waals surface area contributed by atoms with Gasteiger partial charge in [-0.15, -0.1) is 65.2 Å². The van der Waals surface area contributed by atoms with Gasteiger partial charge in [-0.1, -0.05) is 121 Å². The number of aromatic nitrogens is 2. The first kappa shape index (κ1) is 32.7. The average molecular weight is 795 g/mol. The predicted molar refractivity (Wildman–Crippen MR) is 197 cm³/mol. The van der Waals surface area contributed by atoms with Crippen LogP contribution in [0.5, 0.6) is 0 Å². The Bertz CT molecular complexity index is 2310. The van der Waals surface area contributed by atoms with Gasteiger partial charge in [-0.3, -0.25) is 0 Å². The predicted octanol–water partition coefficient (Wildman–Crippen LogP) is 11.7. The first-order valence-corrected chi connectivity index (χ1v) is 15.9. The van der Waals surface area contributed by atoms with Crippen LogP contribution in [-0.2, 0) is 20.1 Å². The summed E-state index contributed by atoms with van der Waals surface area (Å²) < 4.78 is 0. The standard InChI is InChI=1S/C26H18N.C19H16N.Ir/c1-18-7-6-16-27-26(18)20-14-12-19(13-15-20)25-17-21-8-2-3-9-22(21)23-10-4-5-11-24(23)25;1-14-8-10-17(11-9-14)19-12-18(15(2)13-20-19)16-6-4-3-5-7-16;/h2-14,16-17H,1H3;3-10,12-13H,1-2H3;/q2*-1;. The quantitative estimate of drug-likeness (QED) is 0.131. The molecule has 0 saturated carbocycles. The zero-order valence-electron chi connectivity index (χ0n) is 27.2. The van der Waals surface area contributed by atoms with Crippen LogP contribution in [0.3, 0.4) is 0 Å². The molecule has 3 heteroatoms. The van der Waals surface area contributed by atoms with Crippen molar-refractivity contribution < 1.29 is 20.1 Å². The maximum Gasteiger partial charge on any atom is 0.0196 e. The molecule has 2 nitrogen and oxygen atoms in total. The topological polar surface area (TPSA) is 25.8 Å². The molecule has 0 amide bonds. The number of hydrogen-bond donors (Lipinski definition) is 0. The molecule has 8 aromatic rings. The second kappa shape index (κ2) is 14.7. The van der Waals surface area contributed by atoms with E-state index in [4.69, 9.17) is 0 Å². The number of rotatable bonds is 4. The van der Waals surface area contributed by atoms with Crippen molar-refractivity contribution in [3.63, 3.8) is 0 Å². The van der Waals surface area contributed by atoms with Gasteiger partial charge in [-0.25, -0.2) is 0 Å². The molecule has 2 heterocycles. The number of aryl methyl sites for hydroxylation is 3. The van der Waals surface area contributed by atoms with Gasteiger partial charge in [0.05, 0.1) is 0 Å². The molecule has 0 aliphatic carbocycles. The van der Waals surface area contributed by atoms with Gasteiger partial charge in [-0.05, 0) is 69.5 Å². The van der Waals surface area contributed by atoms with Crippen LogP contribution in [0.4, 0.5) is 0 Å². The van der Waals surface area contributed by atoms with Crippen LogP contribution < -0.4 is 0 Å².